The van der Waals surface area contributed by atoms with Gasteiger partial charge in [-0.2, -0.15) is 0 Å². The van der Waals surface area contributed by atoms with E-state index in [1.54, 1.807) is 11.8 Å². The Hall–Kier alpha value is -1.00. The fraction of sp³-hybridized carbons (Fsp3) is 0.533. The van der Waals surface area contributed by atoms with Gasteiger partial charge >= 0.3 is 0 Å². The molecule has 0 atom stereocenters. The Balaban J connectivity index is 2.05. The molecule has 0 aliphatic carbocycles. The summed E-state index contributed by atoms with van der Waals surface area (Å²) in [5.41, 5.74) is 2.54. The highest BCUT2D eigenvalue weighted by Gasteiger charge is 2.01. The highest BCUT2D eigenvalue weighted by Crippen LogP contribution is 2.12. The summed E-state index contributed by atoms with van der Waals surface area (Å²) < 4.78 is 0. The normalized spacial score (nSPS) is 10.4. The number of aryl methyl sites for hydroxylation is 1. The molecule has 3 nitrogen and oxygen atoms in total. The van der Waals surface area contributed by atoms with Gasteiger partial charge in [-0.3, -0.25) is 4.79 Å². The molecule has 106 valence electrons. The monoisotopic (exact) mass is 280 g/mol. The maximum absolute atomic E-state index is 11.6. The van der Waals surface area contributed by atoms with Crippen LogP contribution in [0.5, 0.6) is 0 Å². The Morgan fingerprint density at radius 1 is 1.16 bits per heavy atom. The van der Waals surface area contributed by atoms with Gasteiger partial charge in [-0.25, -0.2) is 0 Å². The standard InChI is InChI=1S/C15H24N2OS/c1-3-8-16-9-10-17-15(18)12-19-11-14-6-4-13(2)5-7-14/h4-7,16H,3,8-12H2,1-2H3,(H,17,18). The van der Waals surface area contributed by atoms with Crippen LogP contribution >= 0.6 is 11.8 Å². The van der Waals surface area contributed by atoms with E-state index in [-0.39, 0.29) is 5.91 Å². The molecule has 1 amide bonds. The molecule has 0 aliphatic rings. The molecule has 0 radical (unpaired) electrons. The van der Waals surface area contributed by atoms with Crippen molar-refractivity contribution in [3.05, 3.63) is 35.4 Å². The van der Waals surface area contributed by atoms with Gasteiger partial charge in [-0.15, -0.1) is 11.8 Å². The summed E-state index contributed by atoms with van der Waals surface area (Å²) in [6.07, 6.45) is 1.13. The van der Waals surface area contributed by atoms with E-state index in [0.717, 1.165) is 25.3 Å². The van der Waals surface area contributed by atoms with Gasteiger partial charge in [0.15, 0.2) is 0 Å². The lowest BCUT2D eigenvalue weighted by atomic mass is 10.2. The van der Waals surface area contributed by atoms with Crippen molar-refractivity contribution in [1.82, 2.24) is 10.6 Å². The van der Waals surface area contributed by atoms with E-state index in [1.807, 2.05) is 0 Å². The predicted octanol–water partition coefficient (Wildman–Crippen LogP) is 2.34. The number of hydrogen-bond acceptors (Lipinski definition) is 3. The minimum atomic E-state index is 0.121. The molecular formula is C15H24N2OS. The van der Waals surface area contributed by atoms with Gasteiger partial charge in [0, 0.05) is 18.8 Å². The van der Waals surface area contributed by atoms with Crippen molar-refractivity contribution >= 4 is 17.7 Å². The minimum Gasteiger partial charge on any atom is -0.354 e. The molecule has 0 saturated heterocycles. The van der Waals surface area contributed by atoms with Crippen molar-refractivity contribution in [2.45, 2.75) is 26.0 Å². The number of nitrogens with one attached hydrogen (secondary N) is 2. The summed E-state index contributed by atoms with van der Waals surface area (Å²) in [6, 6.07) is 8.45. The molecule has 1 aromatic rings. The van der Waals surface area contributed by atoms with Gasteiger partial charge in [-0.05, 0) is 25.5 Å². The molecule has 0 spiro atoms. The van der Waals surface area contributed by atoms with Crippen LogP contribution in [0.1, 0.15) is 24.5 Å². The third kappa shape index (κ3) is 7.90. The summed E-state index contributed by atoms with van der Waals surface area (Å²) in [7, 11) is 0. The number of thioether (sulfide) groups is 1. The summed E-state index contributed by atoms with van der Waals surface area (Å²) >= 11 is 1.66. The van der Waals surface area contributed by atoms with Gasteiger partial charge in [-0.1, -0.05) is 36.8 Å². The van der Waals surface area contributed by atoms with E-state index >= 15 is 0 Å². The smallest absolute Gasteiger partial charge is 0.230 e. The van der Waals surface area contributed by atoms with E-state index in [0.29, 0.717) is 12.3 Å². The van der Waals surface area contributed by atoms with Crippen LogP contribution in [0.2, 0.25) is 0 Å². The molecule has 1 rings (SSSR count). The number of amides is 1. The maximum Gasteiger partial charge on any atom is 0.230 e. The van der Waals surface area contributed by atoms with E-state index in [1.165, 1.54) is 11.1 Å². The van der Waals surface area contributed by atoms with Gasteiger partial charge in [0.2, 0.25) is 5.91 Å². The largest absolute Gasteiger partial charge is 0.354 e. The van der Waals surface area contributed by atoms with Crippen LogP contribution in [0.15, 0.2) is 24.3 Å². The molecule has 1 aromatic carbocycles. The lowest BCUT2D eigenvalue weighted by Crippen LogP contribution is -2.33. The SMILES string of the molecule is CCCNCCNC(=O)CSCc1ccc(C)cc1. The first-order valence-electron chi connectivity index (χ1n) is 6.83. The van der Waals surface area contributed by atoms with Crippen molar-refractivity contribution in [3.8, 4) is 0 Å². The zero-order valence-corrected chi connectivity index (χ0v) is 12.7. The van der Waals surface area contributed by atoms with Gasteiger partial charge < -0.3 is 10.6 Å². The molecule has 4 heteroatoms. The quantitative estimate of drug-likeness (QED) is 0.682. The lowest BCUT2D eigenvalue weighted by Gasteiger charge is -2.06. The molecule has 0 unspecified atom stereocenters. The van der Waals surface area contributed by atoms with E-state index in [2.05, 4.69) is 48.7 Å². The van der Waals surface area contributed by atoms with Crippen LogP contribution in [0.25, 0.3) is 0 Å². The highest BCUT2D eigenvalue weighted by atomic mass is 32.2. The first-order chi connectivity index (χ1) is 9.22. The fourth-order valence-electron chi connectivity index (χ4n) is 1.59. The Morgan fingerprint density at radius 3 is 2.58 bits per heavy atom. The number of rotatable bonds is 9. The van der Waals surface area contributed by atoms with Crippen molar-refractivity contribution in [3.63, 3.8) is 0 Å². The Morgan fingerprint density at radius 2 is 1.89 bits per heavy atom. The summed E-state index contributed by atoms with van der Waals surface area (Å²) in [6.45, 7) is 6.79. The second kappa shape index (κ2) is 9.87. The van der Waals surface area contributed by atoms with Gasteiger partial charge in [0.25, 0.3) is 0 Å². The van der Waals surface area contributed by atoms with Crippen LogP contribution in [0.4, 0.5) is 0 Å². The average molecular weight is 280 g/mol. The second-order valence-electron chi connectivity index (χ2n) is 4.58. The van der Waals surface area contributed by atoms with Gasteiger partial charge in [0.1, 0.15) is 0 Å². The second-order valence-corrected chi connectivity index (χ2v) is 5.56. The Bertz CT molecular complexity index is 365. The van der Waals surface area contributed by atoms with Crippen LogP contribution in [0.3, 0.4) is 0 Å². The topological polar surface area (TPSA) is 41.1 Å². The third-order valence-corrected chi connectivity index (χ3v) is 3.68. The average Bonchev–Trinajstić information content (AvgIpc) is 2.41. The van der Waals surface area contributed by atoms with Gasteiger partial charge in [0.05, 0.1) is 5.75 Å². The lowest BCUT2D eigenvalue weighted by molar-refractivity contribution is -0.118. The first kappa shape index (κ1) is 16.1. The molecule has 0 aromatic heterocycles. The Kier molecular flexibility index (Phi) is 8.34. The van der Waals surface area contributed by atoms with Crippen molar-refractivity contribution < 1.29 is 4.79 Å². The van der Waals surface area contributed by atoms with Crippen molar-refractivity contribution in [2.24, 2.45) is 0 Å². The summed E-state index contributed by atoms with van der Waals surface area (Å²) in [5.74, 6) is 1.54. The van der Waals surface area contributed by atoms with E-state index in [4.69, 9.17) is 0 Å². The molecule has 19 heavy (non-hydrogen) atoms. The summed E-state index contributed by atoms with van der Waals surface area (Å²) in [5, 5.41) is 6.17. The highest BCUT2D eigenvalue weighted by molar-refractivity contribution is 7.99. The van der Waals surface area contributed by atoms with Crippen LogP contribution in [0, 0.1) is 6.92 Å². The minimum absolute atomic E-state index is 0.121. The molecule has 0 heterocycles. The van der Waals surface area contributed by atoms with E-state index in [9.17, 15) is 4.79 Å². The zero-order chi connectivity index (χ0) is 13.9. The molecule has 0 bridgehead atoms. The first-order valence-corrected chi connectivity index (χ1v) is 7.98. The number of hydrogen-bond donors (Lipinski definition) is 2. The molecule has 0 saturated carbocycles. The Labute approximate surface area is 120 Å². The fourth-order valence-corrected chi connectivity index (χ4v) is 2.41. The molecular weight excluding hydrogens is 256 g/mol. The molecule has 0 fully saturated rings. The molecule has 2 N–H and O–H groups in total. The predicted molar refractivity (Wildman–Crippen MR) is 83.5 cm³/mol. The van der Waals surface area contributed by atoms with Crippen molar-refractivity contribution in [2.75, 3.05) is 25.4 Å². The van der Waals surface area contributed by atoms with Crippen LogP contribution in [-0.4, -0.2) is 31.3 Å². The van der Waals surface area contributed by atoms with Crippen LogP contribution < -0.4 is 10.6 Å². The summed E-state index contributed by atoms with van der Waals surface area (Å²) in [4.78, 5) is 11.6. The number of carbonyl (C=O) groups is 1. The molecule has 0 aliphatic heterocycles. The maximum atomic E-state index is 11.6. The zero-order valence-electron chi connectivity index (χ0n) is 11.9. The van der Waals surface area contributed by atoms with Crippen LogP contribution in [-0.2, 0) is 10.5 Å². The number of benzene rings is 1. The van der Waals surface area contributed by atoms with E-state index < -0.39 is 0 Å². The van der Waals surface area contributed by atoms with Crippen molar-refractivity contribution in [1.29, 1.82) is 0 Å². The third-order valence-electron chi connectivity index (χ3n) is 2.67. The number of carbonyl (C=O) groups excluding carboxylic acids is 1.